The van der Waals surface area contributed by atoms with E-state index in [4.69, 9.17) is 17.3 Å². The third-order valence-corrected chi connectivity index (χ3v) is 6.00. The molecule has 0 saturated heterocycles. The first-order valence-electron chi connectivity index (χ1n) is 10.5. The van der Waals surface area contributed by atoms with Gasteiger partial charge < -0.3 is 20.5 Å². The molecule has 0 radical (unpaired) electrons. The van der Waals surface area contributed by atoms with E-state index in [1.807, 2.05) is 12.1 Å². The Kier molecular flexibility index (Phi) is 5.34. The van der Waals surface area contributed by atoms with Crippen molar-refractivity contribution in [2.24, 2.45) is 0 Å². The fourth-order valence-corrected chi connectivity index (χ4v) is 4.51. The molecule has 31 heavy (non-hydrogen) atoms. The number of nitrogens with two attached hydrogens (primary N) is 1. The number of aromatic nitrogens is 4. The van der Waals surface area contributed by atoms with Crippen LogP contribution in [-0.2, 0) is 13.0 Å². The van der Waals surface area contributed by atoms with Crippen molar-refractivity contribution in [2.75, 3.05) is 35.2 Å². The van der Waals surface area contributed by atoms with Gasteiger partial charge in [-0.1, -0.05) is 46.9 Å². The van der Waals surface area contributed by atoms with E-state index in [-0.39, 0.29) is 0 Å². The summed E-state index contributed by atoms with van der Waals surface area (Å²) < 4.78 is 0. The van der Waals surface area contributed by atoms with Gasteiger partial charge in [0.1, 0.15) is 0 Å². The molecule has 3 heterocycles. The molecule has 0 saturated carbocycles. The van der Waals surface area contributed by atoms with Gasteiger partial charge in [-0.3, -0.25) is 0 Å². The highest BCUT2D eigenvalue weighted by molar-refractivity contribution is 6.30. The Labute approximate surface area is 185 Å². The molecule has 0 aliphatic carbocycles. The normalized spacial score (nSPS) is 14.0. The molecule has 1 aliphatic rings. The van der Waals surface area contributed by atoms with Crippen molar-refractivity contribution < 1.29 is 4.98 Å². The Hall–Kier alpha value is -3.32. The van der Waals surface area contributed by atoms with E-state index in [1.54, 1.807) is 6.33 Å². The Bertz CT molecular complexity index is 1210. The molecule has 0 fully saturated rings. The van der Waals surface area contributed by atoms with Gasteiger partial charge in [0.25, 0.3) is 0 Å². The number of nitrogens with zero attached hydrogens (tertiary/aromatic N) is 4. The van der Waals surface area contributed by atoms with Crippen LogP contribution in [0.5, 0.6) is 0 Å². The van der Waals surface area contributed by atoms with Gasteiger partial charge in [-0.05, 0) is 36.6 Å². The van der Waals surface area contributed by atoms with Gasteiger partial charge in [-0.2, -0.15) is 0 Å². The van der Waals surface area contributed by atoms with Gasteiger partial charge in [0.2, 0.25) is 11.5 Å². The zero-order valence-electron chi connectivity index (χ0n) is 17.2. The maximum atomic E-state index is 6.14. The number of hydrogen-bond acceptors (Lipinski definition) is 5. The number of aromatic amines is 2. The molecule has 5 rings (SSSR count). The van der Waals surface area contributed by atoms with Gasteiger partial charge >= 0.3 is 5.95 Å². The smallest absolute Gasteiger partial charge is 0.344 e. The number of fused-ring (bicyclic) bond motifs is 2. The van der Waals surface area contributed by atoms with Crippen molar-refractivity contribution >= 4 is 40.2 Å². The van der Waals surface area contributed by atoms with Gasteiger partial charge in [0.15, 0.2) is 5.52 Å². The minimum absolute atomic E-state index is 0.366. The van der Waals surface area contributed by atoms with E-state index >= 15 is 0 Å². The van der Waals surface area contributed by atoms with Crippen molar-refractivity contribution in [1.29, 1.82) is 0 Å². The maximum Gasteiger partial charge on any atom is 0.344 e. The molecule has 0 spiro atoms. The van der Waals surface area contributed by atoms with E-state index in [0.29, 0.717) is 11.6 Å². The van der Waals surface area contributed by atoms with E-state index < -0.39 is 0 Å². The van der Waals surface area contributed by atoms with Crippen LogP contribution in [0.25, 0.3) is 11.2 Å². The summed E-state index contributed by atoms with van der Waals surface area (Å²) in [4.78, 5) is 19.8. The number of rotatable bonds is 5. The zero-order chi connectivity index (χ0) is 21.2. The lowest BCUT2D eigenvalue weighted by Gasteiger charge is -2.24. The molecule has 8 heteroatoms. The summed E-state index contributed by atoms with van der Waals surface area (Å²) in [6.45, 7) is 3.55. The number of imidazole rings is 1. The number of anilines is 3. The maximum absolute atomic E-state index is 6.14. The highest BCUT2D eigenvalue weighted by Gasteiger charge is 2.26. The van der Waals surface area contributed by atoms with E-state index in [1.165, 1.54) is 16.8 Å². The minimum atomic E-state index is 0.366. The molecular weight excluding hydrogens is 410 g/mol. The topological polar surface area (TPSA) is 88.2 Å². The Balaban J connectivity index is 1.37. The van der Waals surface area contributed by atoms with Crippen LogP contribution in [0.1, 0.15) is 17.5 Å². The lowest BCUT2D eigenvalue weighted by molar-refractivity contribution is -0.348. The fraction of sp³-hybridized carbons (Fsp3) is 0.261. The summed E-state index contributed by atoms with van der Waals surface area (Å²) in [6.07, 6.45) is 3.72. The predicted molar refractivity (Wildman–Crippen MR) is 124 cm³/mol. The molecule has 4 aromatic rings. The fourth-order valence-electron chi connectivity index (χ4n) is 4.30. The number of benzene rings is 2. The lowest BCUT2D eigenvalue weighted by Crippen LogP contribution is -2.35. The molecule has 1 aliphatic heterocycles. The molecule has 4 N–H and O–H groups in total. The predicted octanol–water partition coefficient (Wildman–Crippen LogP) is 3.47. The van der Waals surface area contributed by atoms with Crippen LogP contribution in [0.2, 0.25) is 5.02 Å². The molecule has 0 bridgehead atoms. The highest BCUT2D eigenvalue weighted by atomic mass is 35.5. The molecule has 0 atom stereocenters. The summed E-state index contributed by atoms with van der Waals surface area (Å²) in [5.74, 6) is 1.29. The summed E-state index contributed by atoms with van der Waals surface area (Å²) in [5.41, 5.74) is 11.4. The van der Waals surface area contributed by atoms with Crippen LogP contribution < -0.4 is 20.5 Å². The van der Waals surface area contributed by atoms with Crippen LogP contribution in [0.15, 0.2) is 54.9 Å². The summed E-state index contributed by atoms with van der Waals surface area (Å²) in [5, 5.41) is 0.797. The Morgan fingerprint density at radius 2 is 2.03 bits per heavy atom. The Morgan fingerprint density at radius 3 is 2.94 bits per heavy atom. The number of nitrogen functional groups attached to an aromatic ring is 1. The lowest BCUT2D eigenvalue weighted by atomic mass is 10.1. The average molecular weight is 435 g/mol. The second kappa shape index (κ2) is 8.43. The van der Waals surface area contributed by atoms with E-state index in [9.17, 15) is 0 Å². The Morgan fingerprint density at radius 1 is 1.13 bits per heavy atom. The van der Waals surface area contributed by atoms with Crippen LogP contribution in [0.3, 0.4) is 0 Å². The van der Waals surface area contributed by atoms with Crippen LogP contribution >= 0.6 is 11.6 Å². The third-order valence-electron chi connectivity index (χ3n) is 5.76. The molecular formula is C23H25ClN7+. The molecule has 2 aromatic carbocycles. The van der Waals surface area contributed by atoms with E-state index in [0.717, 1.165) is 55.4 Å². The largest absolute Gasteiger partial charge is 0.368 e. The summed E-state index contributed by atoms with van der Waals surface area (Å²) in [7, 11) is 0. The van der Waals surface area contributed by atoms with Gasteiger partial charge in [-0.25, -0.2) is 9.97 Å². The standard InChI is InChI=1S/C23H24ClN7/c24-18-8-3-5-16(13-18)6-4-10-30-11-12-31(14-17-7-1-2-9-19(17)30)22-20-21(27-15-26-20)28-23(25)29-22/h1-3,5,7-9,13,15H,4,6,10-12,14H2,(H3,25,26,27,28,29)/p+1. The quantitative estimate of drug-likeness (QED) is 0.502. The number of para-hydroxylation sites is 1. The third kappa shape index (κ3) is 4.14. The molecule has 0 amide bonds. The number of aryl methyl sites for hydroxylation is 1. The first-order chi connectivity index (χ1) is 15.2. The van der Waals surface area contributed by atoms with Crippen LogP contribution in [0.4, 0.5) is 17.5 Å². The van der Waals surface area contributed by atoms with Crippen molar-refractivity contribution in [1.82, 2.24) is 15.0 Å². The number of halogens is 1. The second-order valence-corrected chi connectivity index (χ2v) is 8.28. The first-order valence-corrected chi connectivity index (χ1v) is 10.9. The number of hydrogen-bond donors (Lipinski definition) is 2. The van der Waals surface area contributed by atoms with Gasteiger partial charge in [0, 0.05) is 29.4 Å². The van der Waals surface area contributed by atoms with Gasteiger partial charge in [0.05, 0.1) is 19.4 Å². The summed E-state index contributed by atoms with van der Waals surface area (Å²) >= 11 is 6.14. The van der Waals surface area contributed by atoms with Crippen LogP contribution in [-0.4, -0.2) is 34.6 Å². The molecule has 0 unspecified atom stereocenters. The SMILES string of the molecule is Nc1nc2nc[nH]c2c(N2CCN(CCCc3cccc(Cl)c3)c3ccccc3C2)[nH+]1. The van der Waals surface area contributed by atoms with Gasteiger partial charge in [-0.15, -0.1) is 0 Å². The monoisotopic (exact) mass is 434 g/mol. The highest BCUT2D eigenvalue weighted by Crippen LogP contribution is 2.29. The molecule has 158 valence electrons. The van der Waals surface area contributed by atoms with Crippen LogP contribution in [0, 0.1) is 0 Å². The van der Waals surface area contributed by atoms with Crippen molar-refractivity contribution in [2.45, 2.75) is 19.4 Å². The number of nitrogens with one attached hydrogen (secondary N) is 2. The van der Waals surface area contributed by atoms with Crippen molar-refractivity contribution in [3.8, 4) is 0 Å². The number of H-pyrrole nitrogens is 2. The van der Waals surface area contributed by atoms with Crippen molar-refractivity contribution in [3.05, 3.63) is 71.0 Å². The first kappa shape index (κ1) is 19.6. The second-order valence-electron chi connectivity index (χ2n) is 7.84. The molecule has 2 aromatic heterocycles. The summed E-state index contributed by atoms with van der Waals surface area (Å²) in [6, 6.07) is 16.8. The average Bonchev–Trinajstić information content (AvgIpc) is 3.15. The van der Waals surface area contributed by atoms with Crippen molar-refractivity contribution in [3.63, 3.8) is 0 Å². The zero-order valence-corrected chi connectivity index (χ0v) is 17.9. The van der Waals surface area contributed by atoms with E-state index in [2.05, 4.69) is 66.1 Å². The molecule has 7 nitrogen and oxygen atoms in total. The minimum Gasteiger partial charge on any atom is -0.368 e.